The minimum atomic E-state index is -0.0286. The van der Waals surface area contributed by atoms with Crippen LogP contribution in [0.25, 0.3) is 10.4 Å². The summed E-state index contributed by atoms with van der Waals surface area (Å²) in [5.41, 5.74) is 10.5. The fraction of sp³-hybridized carbons (Fsp3) is 0.400. The van der Waals surface area contributed by atoms with E-state index >= 15 is 0 Å². The van der Waals surface area contributed by atoms with E-state index < -0.39 is 0 Å². The summed E-state index contributed by atoms with van der Waals surface area (Å²) in [6, 6.07) is 0. The van der Waals surface area contributed by atoms with Crippen LogP contribution in [0.4, 0.5) is 17.8 Å². The van der Waals surface area contributed by atoms with Crippen molar-refractivity contribution in [2.24, 2.45) is 11.0 Å². The van der Waals surface area contributed by atoms with Crippen LogP contribution in [0, 0.1) is 0 Å². The average Bonchev–Trinajstić information content (AvgIpc) is 2.17. The zero-order chi connectivity index (χ0) is 10.6. The number of rotatable bonds is 3. The van der Waals surface area contributed by atoms with Gasteiger partial charge in [-0.3, -0.25) is 5.43 Å². The van der Waals surface area contributed by atoms with E-state index in [1.165, 1.54) is 0 Å². The van der Waals surface area contributed by atoms with Crippen molar-refractivity contribution in [2.45, 2.75) is 0 Å². The summed E-state index contributed by atoms with van der Waals surface area (Å²) in [6.07, 6.45) is 0. The number of azide groups is 1. The Kier molecular flexibility index (Phi) is 3.00. The maximum atomic E-state index is 8.21. The maximum Gasteiger partial charge on any atom is 0.242 e. The Morgan fingerprint density at radius 1 is 1.43 bits per heavy atom. The largest absolute Gasteiger partial charge is 0.347 e. The monoisotopic (exact) mass is 195 g/mol. The maximum absolute atomic E-state index is 8.21. The molecule has 0 saturated carbocycles. The summed E-state index contributed by atoms with van der Waals surface area (Å²) in [6.45, 7) is 0. The van der Waals surface area contributed by atoms with Gasteiger partial charge in [0.2, 0.25) is 17.8 Å². The van der Waals surface area contributed by atoms with Gasteiger partial charge < -0.3 is 4.90 Å². The van der Waals surface area contributed by atoms with Crippen molar-refractivity contribution in [1.29, 1.82) is 0 Å². The fourth-order valence-electron chi connectivity index (χ4n) is 0.703. The first-order valence-corrected chi connectivity index (χ1v) is 3.62. The molecule has 0 aliphatic heterocycles. The van der Waals surface area contributed by atoms with E-state index in [1.54, 1.807) is 19.0 Å². The molecule has 0 unspecified atom stereocenters. The molecule has 3 N–H and O–H groups in total. The zero-order valence-electron chi connectivity index (χ0n) is 7.71. The normalized spacial score (nSPS) is 9.07. The van der Waals surface area contributed by atoms with Gasteiger partial charge in [-0.1, -0.05) is 0 Å². The molecule has 0 amide bonds. The van der Waals surface area contributed by atoms with E-state index in [2.05, 4.69) is 30.4 Å². The molecule has 9 nitrogen and oxygen atoms in total. The molecule has 74 valence electrons. The van der Waals surface area contributed by atoms with Crippen molar-refractivity contribution >= 4 is 17.8 Å². The second-order valence-corrected chi connectivity index (χ2v) is 2.49. The number of nitrogens with zero attached hydrogens (tertiary/aromatic N) is 7. The summed E-state index contributed by atoms with van der Waals surface area (Å²) >= 11 is 0. The van der Waals surface area contributed by atoms with Crippen molar-refractivity contribution in [2.75, 3.05) is 24.4 Å². The van der Waals surface area contributed by atoms with Crippen molar-refractivity contribution < 1.29 is 0 Å². The van der Waals surface area contributed by atoms with Gasteiger partial charge in [-0.15, -0.1) is 0 Å². The molecule has 0 aromatic carbocycles. The Hall–Kier alpha value is -2.12. The van der Waals surface area contributed by atoms with E-state index in [9.17, 15) is 0 Å². The number of hydrogen-bond donors (Lipinski definition) is 2. The molecular weight excluding hydrogens is 186 g/mol. The predicted octanol–water partition coefficient (Wildman–Crippen LogP) is 0.165. The molecule has 1 aromatic heterocycles. The first-order valence-electron chi connectivity index (χ1n) is 3.62. The lowest BCUT2D eigenvalue weighted by molar-refractivity contribution is 0.947. The Balaban J connectivity index is 3.19. The summed E-state index contributed by atoms with van der Waals surface area (Å²) in [4.78, 5) is 15.7. The lowest BCUT2D eigenvalue weighted by Gasteiger charge is -2.10. The highest BCUT2D eigenvalue weighted by molar-refractivity contribution is 5.39. The molecule has 1 aromatic rings. The van der Waals surface area contributed by atoms with E-state index in [-0.39, 0.29) is 11.9 Å². The molecule has 0 saturated heterocycles. The van der Waals surface area contributed by atoms with Gasteiger partial charge in [0.05, 0.1) is 0 Å². The minimum Gasteiger partial charge on any atom is -0.347 e. The van der Waals surface area contributed by atoms with Crippen molar-refractivity contribution in [3.63, 3.8) is 0 Å². The fourth-order valence-corrected chi connectivity index (χ4v) is 0.703. The van der Waals surface area contributed by atoms with Gasteiger partial charge in [0.25, 0.3) is 0 Å². The lowest BCUT2D eigenvalue weighted by Crippen LogP contribution is -2.17. The van der Waals surface area contributed by atoms with Gasteiger partial charge in [-0.05, 0) is 10.6 Å². The summed E-state index contributed by atoms with van der Waals surface area (Å²) < 4.78 is 0. The van der Waals surface area contributed by atoms with Gasteiger partial charge in [0, 0.05) is 19.0 Å². The van der Waals surface area contributed by atoms with Crippen LogP contribution in [0.2, 0.25) is 0 Å². The van der Waals surface area contributed by atoms with E-state index in [4.69, 9.17) is 11.4 Å². The Morgan fingerprint density at radius 3 is 2.64 bits per heavy atom. The first-order chi connectivity index (χ1) is 6.67. The molecule has 1 heterocycles. The molecule has 0 fully saturated rings. The molecule has 0 bridgehead atoms. The van der Waals surface area contributed by atoms with E-state index in [0.29, 0.717) is 5.95 Å². The Labute approximate surface area is 79.6 Å². The molecule has 1 rings (SSSR count). The standard InChI is InChI=1S/C5H9N9/c1-14(2)5-9-3(11-6)8-4(10-5)12-13-7/h6H2,1-2H3,(H,8,9,10,11). The third kappa shape index (κ3) is 2.19. The molecule has 0 aliphatic rings. The smallest absolute Gasteiger partial charge is 0.242 e. The van der Waals surface area contributed by atoms with Crippen LogP contribution in [-0.4, -0.2) is 29.0 Å². The minimum absolute atomic E-state index is 0.0286. The topological polar surface area (TPSA) is 129 Å². The van der Waals surface area contributed by atoms with Gasteiger partial charge >= 0.3 is 0 Å². The second-order valence-electron chi connectivity index (χ2n) is 2.49. The van der Waals surface area contributed by atoms with Gasteiger partial charge in [0.15, 0.2) is 0 Å². The highest BCUT2D eigenvalue weighted by Gasteiger charge is 2.05. The average molecular weight is 195 g/mol. The highest BCUT2D eigenvalue weighted by atomic mass is 15.4. The molecule has 14 heavy (non-hydrogen) atoms. The number of anilines is 2. The van der Waals surface area contributed by atoms with Gasteiger partial charge in [-0.25, -0.2) is 5.84 Å². The van der Waals surface area contributed by atoms with Crippen molar-refractivity contribution in [3.05, 3.63) is 10.4 Å². The lowest BCUT2D eigenvalue weighted by atomic mass is 10.7. The number of nitrogen functional groups attached to an aromatic ring is 1. The SMILES string of the molecule is CN(C)c1nc(N=[N+]=[N-])nc(NN)n1. The second kappa shape index (κ2) is 4.21. The quantitative estimate of drug-likeness (QED) is 0.232. The Morgan fingerprint density at radius 2 is 2.14 bits per heavy atom. The molecule has 9 heteroatoms. The first kappa shape index (κ1) is 9.96. The summed E-state index contributed by atoms with van der Waals surface area (Å²) in [7, 11) is 3.49. The van der Waals surface area contributed by atoms with Crippen LogP contribution in [-0.2, 0) is 0 Å². The molecule has 0 spiro atoms. The molecule has 0 atom stereocenters. The summed E-state index contributed by atoms with van der Waals surface area (Å²) in [5, 5.41) is 3.25. The number of nitrogens with two attached hydrogens (primary N) is 1. The molecular formula is C5H9N9. The van der Waals surface area contributed by atoms with Crippen LogP contribution in [0.5, 0.6) is 0 Å². The molecule has 0 aliphatic carbocycles. The van der Waals surface area contributed by atoms with Crippen LogP contribution in [0.15, 0.2) is 5.11 Å². The van der Waals surface area contributed by atoms with Crippen molar-refractivity contribution in [3.8, 4) is 0 Å². The Bertz CT molecular complexity index is 365. The van der Waals surface area contributed by atoms with E-state index in [1.807, 2.05) is 0 Å². The number of aromatic nitrogens is 3. The van der Waals surface area contributed by atoms with Gasteiger partial charge in [-0.2, -0.15) is 15.0 Å². The van der Waals surface area contributed by atoms with Gasteiger partial charge in [0.1, 0.15) is 0 Å². The van der Waals surface area contributed by atoms with E-state index in [0.717, 1.165) is 0 Å². The third-order valence-electron chi connectivity index (χ3n) is 1.28. The summed E-state index contributed by atoms with van der Waals surface area (Å²) in [5.74, 6) is 5.60. The van der Waals surface area contributed by atoms with Crippen LogP contribution < -0.4 is 16.2 Å². The number of hydrazine groups is 1. The predicted molar refractivity (Wildman–Crippen MR) is 50.8 cm³/mol. The number of hydrogen-bond acceptors (Lipinski definition) is 7. The van der Waals surface area contributed by atoms with Crippen molar-refractivity contribution in [1.82, 2.24) is 15.0 Å². The molecule has 0 radical (unpaired) electrons. The van der Waals surface area contributed by atoms with Crippen LogP contribution in [0.3, 0.4) is 0 Å². The highest BCUT2D eigenvalue weighted by Crippen LogP contribution is 2.12. The van der Waals surface area contributed by atoms with Crippen LogP contribution in [0.1, 0.15) is 0 Å². The zero-order valence-corrected chi connectivity index (χ0v) is 7.71. The third-order valence-corrected chi connectivity index (χ3v) is 1.28. The van der Waals surface area contributed by atoms with Crippen LogP contribution >= 0.6 is 0 Å². The number of nitrogens with one attached hydrogen (secondary N) is 1.